The maximum Gasteiger partial charge on any atom is 0.262 e. The number of Topliss-reactive ketones (excluding diaryl/α,β-unsaturated/α-hetero) is 1. The van der Waals surface area contributed by atoms with Crippen LogP contribution in [0, 0.1) is 13.8 Å². The maximum absolute atomic E-state index is 12.9. The van der Waals surface area contributed by atoms with Crippen molar-refractivity contribution >= 4 is 28.4 Å². The Morgan fingerprint density at radius 3 is 2.67 bits per heavy atom. The molecule has 1 aromatic carbocycles. The number of aromatic nitrogens is 3. The zero-order valence-corrected chi connectivity index (χ0v) is 16.7. The SMILES string of the molecule is CCn1c(C)cc(C(=O)CSc2nc3ccccc3c(=O)n2C2CC2)c1C. The number of hydrogen-bond acceptors (Lipinski definition) is 4. The lowest BCUT2D eigenvalue weighted by Crippen LogP contribution is -2.22. The first-order valence-corrected chi connectivity index (χ1v) is 10.3. The van der Waals surface area contributed by atoms with Gasteiger partial charge >= 0.3 is 0 Å². The van der Waals surface area contributed by atoms with Gasteiger partial charge in [0.2, 0.25) is 0 Å². The zero-order chi connectivity index (χ0) is 19.1. The second-order valence-electron chi connectivity index (χ2n) is 7.06. The van der Waals surface area contributed by atoms with E-state index in [0.717, 1.165) is 36.3 Å². The summed E-state index contributed by atoms with van der Waals surface area (Å²) in [5.74, 6) is 0.364. The second kappa shape index (κ2) is 7.00. The van der Waals surface area contributed by atoms with Crippen molar-refractivity contribution in [2.45, 2.75) is 51.4 Å². The number of aryl methyl sites for hydroxylation is 1. The highest BCUT2D eigenvalue weighted by molar-refractivity contribution is 7.99. The first-order valence-electron chi connectivity index (χ1n) is 9.35. The summed E-state index contributed by atoms with van der Waals surface area (Å²) in [5.41, 5.74) is 3.57. The van der Waals surface area contributed by atoms with Gasteiger partial charge in [0.05, 0.1) is 16.7 Å². The summed E-state index contributed by atoms with van der Waals surface area (Å²) in [6.07, 6.45) is 2.00. The Morgan fingerprint density at radius 1 is 1.26 bits per heavy atom. The quantitative estimate of drug-likeness (QED) is 0.366. The van der Waals surface area contributed by atoms with Crippen LogP contribution in [-0.4, -0.2) is 25.7 Å². The van der Waals surface area contributed by atoms with E-state index >= 15 is 0 Å². The van der Waals surface area contributed by atoms with Gasteiger partial charge in [0, 0.05) is 29.5 Å². The van der Waals surface area contributed by atoms with Gasteiger partial charge in [-0.15, -0.1) is 0 Å². The summed E-state index contributed by atoms with van der Waals surface area (Å²) >= 11 is 1.37. The summed E-state index contributed by atoms with van der Waals surface area (Å²) in [5, 5.41) is 1.30. The molecule has 140 valence electrons. The second-order valence-corrected chi connectivity index (χ2v) is 8.00. The molecule has 1 aliphatic carbocycles. The van der Waals surface area contributed by atoms with E-state index in [2.05, 4.69) is 11.5 Å². The molecule has 0 bridgehead atoms. The Labute approximate surface area is 162 Å². The average Bonchev–Trinajstić information content (AvgIpc) is 3.45. The number of fused-ring (bicyclic) bond motifs is 1. The molecule has 0 amide bonds. The Balaban J connectivity index is 1.65. The van der Waals surface area contributed by atoms with Crippen molar-refractivity contribution < 1.29 is 4.79 Å². The topological polar surface area (TPSA) is 56.9 Å². The minimum atomic E-state index is 0.00205. The van der Waals surface area contributed by atoms with Crippen LogP contribution in [-0.2, 0) is 6.54 Å². The van der Waals surface area contributed by atoms with E-state index < -0.39 is 0 Å². The molecule has 0 spiro atoms. The maximum atomic E-state index is 12.9. The van der Waals surface area contributed by atoms with Crippen LogP contribution in [0.1, 0.15) is 47.6 Å². The van der Waals surface area contributed by atoms with Gasteiger partial charge in [-0.05, 0) is 51.8 Å². The molecule has 1 saturated carbocycles. The van der Waals surface area contributed by atoms with Gasteiger partial charge < -0.3 is 4.57 Å². The zero-order valence-electron chi connectivity index (χ0n) is 15.9. The molecule has 27 heavy (non-hydrogen) atoms. The standard InChI is InChI=1S/C21H23N3O2S/c1-4-23-13(2)11-17(14(23)3)19(25)12-27-21-22-18-8-6-5-7-16(18)20(26)24(21)15-9-10-15/h5-8,11,15H,4,9-10,12H2,1-3H3. The normalized spacial score (nSPS) is 14.0. The highest BCUT2D eigenvalue weighted by Gasteiger charge is 2.29. The molecule has 0 N–H and O–H groups in total. The number of thioether (sulfide) groups is 1. The van der Waals surface area contributed by atoms with Crippen molar-refractivity contribution in [3.8, 4) is 0 Å². The largest absolute Gasteiger partial charge is 0.349 e. The predicted molar refractivity (Wildman–Crippen MR) is 109 cm³/mol. The Kier molecular flexibility index (Phi) is 4.68. The summed E-state index contributed by atoms with van der Waals surface area (Å²) in [7, 11) is 0. The van der Waals surface area contributed by atoms with E-state index in [-0.39, 0.29) is 23.1 Å². The fourth-order valence-corrected chi connectivity index (χ4v) is 4.61. The molecule has 6 heteroatoms. The van der Waals surface area contributed by atoms with Crippen molar-refractivity contribution in [3.63, 3.8) is 0 Å². The first kappa shape index (κ1) is 18.0. The van der Waals surface area contributed by atoms with Crippen LogP contribution in [0.25, 0.3) is 10.9 Å². The lowest BCUT2D eigenvalue weighted by molar-refractivity contribution is 0.102. The third kappa shape index (κ3) is 3.23. The number of rotatable bonds is 6. The van der Waals surface area contributed by atoms with Crippen molar-refractivity contribution in [1.29, 1.82) is 0 Å². The van der Waals surface area contributed by atoms with E-state index in [9.17, 15) is 9.59 Å². The van der Waals surface area contributed by atoms with Crippen molar-refractivity contribution in [1.82, 2.24) is 14.1 Å². The van der Waals surface area contributed by atoms with Crippen molar-refractivity contribution in [2.75, 3.05) is 5.75 Å². The van der Waals surface area contributed by atoms with E-state index in [1.165, 1.54) is 11.8 Å². The van der Waals surface area contributed by atoms with Gasteiger partial charge in [0.15, 0.2) is 10.9 Å². The van der Waals surface area contributed by atoms with Gasteiger partial charge in [-0.3, -0.25) is 14.2 Å². The first-order chi connectivity index (χ1) is 13.0. The van der Waals surface area contributed by atoms with Crippen molar-refractivity contribution in [3.05, 3.63) is 57.6 Å². The molecule has 4 rings (SSSR count). The monoisotopic (exact) mass is 381 g/mol. The van der Waals surface area contributed by atoms with Gasteiger partial charge in [0.25, 0.3) is 5.56 Å². The summed E-state index contributed by atoms with van der Waals surface area (Å²) < 4.78 is 3.93. The van der Waals surface area contributed by atoms with Crippen LogP contribution in [0.2, 0.25) is 0 Å². The number of benzene rings is 1. The molecule has 0 unspecified atom stereocenters. The predicted octanol–water partition coefficient (Wildman–Crippen LogP) is 4.14. The van der Waals surface area contributed by atoms with Crippen LogP contribution in [0.5, 0.6) is 0 Å². The Morgan fingerprint density at radius 2 is 2.00 bits per heavy atom. The van der Waals surface area contributed by atoms with Crippen LogP contribution in [0.3, 0.4) is 0 Å². The van der Waals surface area contributed by atoms with Gasteiger partial charge in [-0.2, -0.15) is 0 Å². The molecule has 0 atom stereocenters. The molecule has 3 aromatic rings. The van der Waals surface area contributed by atoms with E-state index in [0.29, 0.717) is 16.1 Å². The van der Waals surface area contributed by atoms with Gasteiger partial charge in [-0.1, -0.05) is 23.9 Å². The molecule has 0 radical (unpaired) electrons. The Bertz CT molecular complexity index is 1090. The smallest absolute Gasteiger partial charge is 0.262 e. The minimum absolute atomic E-state index is 0.00205. The highest BCUT2D eigenvalue weighted by Crippen LogP contribution is 2.37. The fourth-order valence-electron chi connectivity index (χ4n) is 3.66. The van der Waals surface area contributed by atoms with Crippen molar-refractivity contribution in [2.24, 2.45) is 0 Å². The lowest BCUT2D eigenvalue weighted by atomic mass is 10.2. The molecule has 0 saturated heterocycles. The Hall–Kier alpha value is -2.34. The van der Waals surface area contributed by atoms with E-state index in [1.54, 1.807) is 4.57 Å². The van der Waals surface area contributed by atoms with Crippen LogP contribution in [0.4, 0.5) is 0 Å². The van der Waals surface area contributed by atoms with Crippen LogP contribution >= 0.6 is 11.8 Å². The number of para-hydroxylation sites is 1. The molecule has 0 aliphatic heterocycles. The summed E-state index contributed by atoms with van der Waals surface area (Å²) in [6, 6.07) is 9.61. The summed E-state index contributed by atoms with van der Waals surface area (Å²) in [6.45, 7) is 6.95. The van der Waals surface area contributed by atoms with Crippen LogP contribution < -0.4 is 5.56 Å². The fraction of sp³-hybridized carbons (Fsp3) is 0.381. The van der Waals surface area contributed by atoms with Gasteiger partial charge in [0.1, 0.15) is 0 Å². The number of ketones is 1. The third-order valence-electron chi connectivity index (χ3n) is 5.21. The number of carbonyl (C=O) groups is 1. The molecular weight excluding hydrogens is 358 g/mol. The van der Waals surface area contributed by atoms with E-state index in [4.69, 9.17) is 4.98 Å². The average molecular weight is 382 g/mol. The molecule has 1 fully saturated rings. The van der Waals surface area contributed by atoms with E-state index in [1.807, 2.05) is 44.2 Å². The lowest BCUT2D eigenvalue weighted by Gasteiger charge is -2.12. The van der Waals surface area contributed by atoms with Gasteiger partial charge in [-0.25, -0.2) is 4.98 Å². The number of nitrogens with zero attached hydrogens (tertiary/aromatic N) is 3. The van der Waals surface area contributed by atoms with Crippen LogP contribution in [0.15, 0.2) is 40.3 Å². The molecule has 1 aliphatic rings. The highest BCUT2D eigenvalue weighted by atomic mass is 32.2. The summed E-state index contributed by atoms with van der Waals surface area (Å²) in [4.78, 5) is 30.4. The number of hydrogen-bond donors (Lipinski definition) is 0. The molecule has 5 nitrogen and oxygen atoms in total. The molecule has 2 aromatic heterocycles. The molecule has 2 heterocycles. The third-order valence-corrected chi connectivity index (χ3v) is 6.16. The molecular formula is C21H23N3O2S. The minimum Gasteiger partial charge on any atom is -0.349 e. The number of carbonyl (C=O) groups excluding carboxylic acids is 1.